The molecule has 0 heterocycles. The van der Waals surface area contributed by atoms with Crippen molar-refractivity contribution in [1.29, 1.82) is 0 Å². The van der Waals surface area contributed by atoms with Gasteiger partial charge in [0.2, 0.25) is 5.91 Å². The predicted molar refractivity (Wildman–Crippen MR) is 48.7 cm³/mol. The van der Waals surface area contributed by atoms with Crippen molar-refractivity contribution < 1.29 is 9.90 Å². The van der Waals surface area contributed by atoms with Gasteiger partial charge in [-0.15, -0.1) is 0 Å². The maximum atomic E-state index is 11.2. The molecule has 0 rings (SSSR count). The summed E-state index contributed by atoms with van der Waals surface area (Å²) in [5.41, 5.74) is -0.256. The topological polar surface area (TPSA) is 40.5 Å². The van der Waals surface area contributed by atoms with E-state index in [0.29, 0.717) is 6.54 Å². The summed E-state index contributed by atoms with van der Waals surface area (Å²) >= 11 is 0. The Morgan fingerprint density at radius 1 is 1.58 bits per heavy atom. The van der Waals surface area contributed by atoms with E-state index in [1.165, 1.54) is 6.08 Å². The summed E-state index contributed by atoms with van der Waals surface area (Å²) in [7, 11) is 0. The van der Waals surface area contributed by atoms with Crippen LogP contribution in [0.2, 0.25) is 0 Å². The lowest BCUT2D eigenvalue weighted by Crippen LogP contribution is -2.46. The summed E-state index contributed by atoms with van der Waals surface area (Å²) in [5, 5.41) is 8.72. The van der Waals surface area contributed by atoms with Crippen LogP contribution < -0.4 is 0 Å². The van der Waals surface area contributed by atoms with Gasteiger partial charge in [-0.05, 0) is 26.8 Å². The first-order chi connectivity index (χ1) is 5.43. The van der Waals surface area contributed by atoms with Gasteiger partial charge in [0.15, 0.2) is 0 Å². The zero-order valence-corrected chi connectivity index (χ0v) is 8.00. The molecular formula is C9H17NO2. The van der Waals surface area contributed by atoms with Crippen LogP contribution in [0.3, 0.4) is 0 Å². The Morgan fingerprint density at radius 2 is 2.08 bits per heavy atom. The highest BCUT2D eigenvalue weighted by Gasteiger charge is 2.23. The summed E-state index contributed by atoms with van der Waals surface area (Å²) in [6.45, 7) is 9.51. The van der Waals surface area contributed by atoms with Gasteiger partial charge in [-0.3, -0.25) is 4.79 Å². The zero-order chi connectivity index (χ0) is 9.78. The molecule has 3 nitrogen and oxygen atoms in total. The monoisotopic (exact) mass is 171 g/mol. The number of amides is 1. The Labute approximate surface area is 73.7 Å². The average molecular weight is 171 g/mol. The molecule has 0 saturated carbocycles. The number of hydrogen-bond donors (Lipinski definition) is 1. The summed E-state index contributed by atoms with van der Waals surface area (Å²) < 4.78 is 0. The molecule has 1 amide bonds. The summed E-state index contributed by atoms with van der Waals surface area (Å²) in [4.78, 5) is 12.8. The molecule has 1 N–H and O–H groups in total. The van der Waals surface area contributed by atoms with Gasteiger partial charge in [-0.1, -0.05) is 6.58 Å². The highest BCUT2D eigenvalue weighted by molar-refractivity contribution is 5.87. The maximum Gasteiger partial charge on any atom is 0.246 e. The van der Waals surface area contributed by atoms with Crippen LogP contribution in [0.4, 0.5) is 0 Å². The fourth-order valence-electron chi connectivity index (χ4n) is 0.986. The van der Waals surface area contributed by atoms with Crippen molar-refractivity contribution in [2.75, 3.05) is 13.2 Å². The standard InChI is InChI=1S/C9H17NO2/c1-5-8(12)10(6-7-11)9(2,3)4/h5,11H,1,6-7H2,2-4H3. The molecule has 0 aromatic carbocycles. The molecule has 0 fully saturated rings. The number of aliphatic hydroxyl groups is 1. The molecule has 0 aliphatic rings. The van der Waals surface area contributed by atoms with E-state index in [-0.39, 0.29) is 18.1 Å². The second kappa shape index (κ2) is 4.26. The smallest absolute Gasteiger partial charge is 0.246 e. The lowest BCUT2D eigenvalue weighted by Gasteiger charge is -2.34. The summed E-state index contributed by atoms with van der Waals surface area (Å²) in [5.74, 6) is -0.142. The van der Waals surface area contributed by atoms with Crippen LogP contribution in [0, 0.1) is 0 Å². The van der Waals surface area contributed by atoms with E-state index in [9.17, 15) is 4.79 Å². The first kappa shape index (κ1) is 11.2. The van der Waals surface area contributed by atoms with Gasteiger partial charge < -0.3 is 10.0 Å². The van der Waals surface area contributed by atoms with Gasteiger partial charge in [0.25, 0.3) is 0 Å². The molecule has 70 valence electrons. The highest BCUT2D eigenvalue weighted by atomic mass is 16.3. The van der Waals surface area contributed by atoms with E-state index < -0.39 is 0 Å². The van der Waals surface area contributed by atoms with E-state index >= 15 is 0 Å². The molecule has 0 atom stereocenters. The van der Waals surface area contributed by atoms with Gasteiger partial charge >= 0.3 is 0 Å². The van der Waals surface area contributed by atoms with Crippen LogP contribution in [-0.4, -0.2) is 34.6 Å². The molecule has 0 aliphatic carbocycles. The number of β-amino-alcohol motifs (C(OH)–C–C–N with tert-alkyl or cyclic N) is 1. The number of aliphatic hydroxyl groups excluding tert-OH is 1. The van der Waals surface area contributed by atoms with Crippen LogP contribution in [0.25, 0.3) is 0 Å². The number of nitrogens with zero attached hydrogens (tertiary/aromatic N) is 1. The first-order valence-corrected chi connectivity index (χ1v) is 3.98. The molecule has 0 spiro atoms. The van der Waals surface area contributed by atoms with Gasteiger partial charge in [-0.2, -0.15) is 0 Å². The minimum Gasteiger partial charge on any atom is -0.395 e. The third kappa shape index (κ3) is 3.05. The number of carbonyl (C=O) groups excluding carboxylic acids is 1. The zero-order valence-electron chi connectivity index (χ0n) is 8.00. The first-order valence-electron chi connectivity index (χ1n) is 3.98. The minimum atomic E-state index is -0.256. The largest absolute Gasteiger partial charge is 0.395 e. The molecule has 0 unspecified atom stereocenters. The van der Waals surface area contributed by atoms with Crippen LogP contribution >= 0.6 is 0 Å². The van der Waals surface area contributed by atoms with E-state index in [2.05, 4.69) is 6.58 Å². The van der Waals surface area contributed by atoms with Crippen molar-refractivity contribution in [3.63, 3.8) is 0 Å². The van der Waals surface area contributed by atoms with Gasteiger partial charge in [0.1, 0.15) is 0 Å². The normalized spacial score (nSPS) is 11.0. The van der Waals surface area contributed by atoms with E-state index in [1.807, 2.05) is 20.8 Å². The molecule has 0 radical (unpaired) electrons. The van der Waals surface area contributed by atoms with E-state index in [0.717, 1.165) is 0 Å². The molecule has 0 aromatic heterocycles. The SMILES string of the molecule is C=CC(=O)N(CCO)C(C)(C)C. The Bertz CT molecular complexity index is 170. The minimum absolute atomic E-state index is 0.0170. The van der Waals surface area contributed by atoms with Crippen LogP contribution in [0.1, 0.15) is 20.8 Å². The third-order valence-corrected chi connectivity index (χ3v) is 1.57. The quantitative estimate of drug-likeness (QED) is 0.638. The summed E-state index contributed by atoms with van der Waals surface area (Å²) in [6.07, 6.45) is 1.26. The fourth-order valence-corrected chi connectivity index (χ4v) is 0.986. The third-order valence-electron chi connectivity index (χ3n) is 1.57. The Hall–Kier alpha value is -0.830. The van der Waals surface area contributed by atoms with Crippen molar-refractivity contribution in [2.24, 2.45) is 0 Å². The van der Waals surface area contributed by atoms with Crippen molar-refractivity contribution >= 4 is 5.91 Å². The van der Waals surface area contributed by atoms with Crippen molar-refractivity contribution in [3.05, 3.63) is 12.7 Å². The summed E-state index contributed by atoms with van der Waals surface area (Å²) in [6, 6.07) is 0. The Morgan fingerprint density at radius 3 is 2.33 bits per heavy atom. The van der Waals surface area contributed by atoms with Gasteiger partial charge in [0, 0.05) is 12.1 Å². The molecule has 0 aliphatic heterocycles. The van der Waals surface area contributed by atoms with Crippen LogP contribution in [-0.2, 0) is 4.79 Å². The molecule has 0 aromatic rings. The van der Waals surface area contributed by atoms with Gasteiger partial charge in [0.05, 0.1) is 6.61 Å². The maximum absolute atomic E-state index is 11.2. The molecule has 0 saturated heterocycles. The predicted octanol–water partition coefficient (Wildman–Crippen LogP) is 0.792. The average Bonchev–Trinajstić information content (AvgIpc) is 1.96. The van der Waals surface area contributed by atoms with E-state index in [4.69, 9.17) is 5.11 Å². The number of rotatable bonds is 3. The lowest BCUT2D eigenvalue weighted by atomic mass is 10.1. The second-order valence-corrected chi connectivity index (χ2v) is 3.59. The lowest BCUT2D eigenvalue weighted by molar-refractivity contribution is -0.131. The van der Waals surface area contributed by atoms with Crippen molar-refractivity contribution in [2.45, 2.75) is 26.3 Å². The molecule has 3 heteroatoms. The fraction of sp³-hybridized carbons (Fsp3) is 0.667. The van der Waals surface area contributed by atoms with Crippen molar-refractivity contribution in [3.8, 4) is 0 Å². The molecule has 12 heavy (non-hydrogen) atoms. The van der Waals surface area contributed by atoms with E-state index in [1.54, 1.807) is 4.90 Å². The molecular weight excluding hydrogens is 154 g/mol. The highest BCUT2D eigenvalue weighted by Crippen LogP contribution is 2.12. The van der Waals surface area contributed by atoms with Crippen LogP contribution in [0.15, 0.2) is 12.7 Å². The second-order valence-electron chi connectivity index (χ2n) is 3.59. The number of carbonyl (C=O) groups is 1. The molecule has 0 bridgehead atoms. The van der Waals surface area contributed by atoms with Gasteiger partial charge in [-0.25, -0.2) is 0 Å². The van der Waals surface area contributed by atoms with Crippen molar-refractivity contribution in [1.82, 2.24) is 4.90 Å². The Kier molecular flexibility index (Phi) is 3.96. The Balaban J connectivity index is 4.43. The number of hydrogen-bond acceptors (Lipinski definition) is 2. The van der Waals surface area contributed by atoms with Crippen LogP contribution in [0.5, 0.6) is 0 Å².